The monoisotopic (exact) mass is 561 g/mol. The highest BCUT2D eigenvalue weighted by Crippen LogP contribution is 2.44. The van der Waals surface area contributed by atoms with Gasteiger partial charge < -0.3 is 21.1 Å². The highest BCUT2D eigenvalue weighted by Gasteiger charge is 2.42. The summed E-state index contributed by atoms with van der Waals surface area (Å²) in [7, 11) is -4.73. The van der Waals surface area contributed by atoms with Crippen LogP contribution in [0.5, 0.6) is 0 Å². The fraction of sp³-hybridized carbons (Fsp3) is 0.476. The normalized spacial score (nSPS) is 18.5. The van der Waals surface area contributed by atoms with Crippen LogP contribution in [0, 0.1) is 0 Å². The van der Waals surface area contributed by atoms with Gasteiger partial charge in [0, 0.05) is 36.5 Å². The number of carboxylic acid groups (broad SMARTS) is 1. The van der Waals surface area contributed by atoms with Crippen LogP contribution in [0.3, 0.4) is 0 Å². The van der Waals surface area contributed by atoms with Gasteiger partial charge in [-0.05, 0) is 43.5 Å². The van der Waals surface area contributed by atoms with E-state index >= 15 is 0 Å². The maximum Gasteiger partial charge on any atom is 0.407 e. The molecule has 10 nitrogen and oxygen atoms in total. The van der Waals surface area contributed by atoms with E-state index in [1.807, 2.05) is 23.5 Å². The molecule has 0 spiro atoms. The van der Waals surface area contributed by atoms with Crippen molar-refractivity contribution in [3.8, 4) is 0 Å². The molecular weight excluding hydrogens is 536 g/mol. The summed E-state index contributed by atoms with van der Waals surface area (Å²) in [6.07, 6.45) is 2.33. The van der Waals surface area contributed by atoms with E-state index in [2.05, 4.69) is 10.4 Å². The van der Waals surface area contributed by atoms with E-state index in [1.165, 1.54) is 17.0 Å². The average molecular weight is 562 g/mol. The number of nitrogens with one attached hydrogen (secondary N) is 1. The van der Waals surface area contributed by atoms with E-state index in [4.69, 9.17) is 5.73 Å². The molecule has 2 aromatic rings. The molecule has 0 saturated carbocycles. The van der Waals surface area contributed by atoms with Crippen molar-refractivity contribution >= 4 is 56.9 Å². The number of aromatic nitrogens is 2. The van der Waals surface area contributed by atoms with Crippen LogP contribution in [-0.2, 0) is 15.4 Å². The summed E-state index contributed by atoms with van der Waals surface area (Å²) in [5, 5.41) is 16.9. The number of primary amides is 1. The van der Waals surface area contributed by atoms with E-state index in [0.29, 0.717) is 36.2 Å². The summed E-state index contributed by atoms with van der Waals surface area (Å²) in [5.41, 5.74) is 5.51. The van der Waals surface area contributed by atoms with Crippen LogP contribution in [0.15, 0.2) is 35.4 Å². The Labute approximate surface area is 214 Å². The van der Waals surface area contributed by atoms with Gasteiger partial charge in [-0.25, -0.2) is 13.2 Å². The third kappa shape index (κ3) is 5.42. The first-order chi connectivity index (χ1) is 17.0. The van der Waals surface area contributed by atoms with E-state index in [9.17, 15) is 31.9 Å². The molecule has 3 heterocycles. The predicted molar refractivity (Wildman–Crippen MR) is 134 cm³/mol. The molecular formula is C21H25F2N5O5S3. The summed E-state index contributed by atoms with van der Waals surface area (Å²) < 4.78 is 51.0. The first kappa shape index (κ1) is 26.5. The molecule has 4 rings (SSSR count). The Kier molecular flexibility index (Phi) is 7.71. The van der Waals surface area contributed by atoms with Gasteiger partial charge in [0.1, 0.15) is 5.56 Å². The van der Waals surface area contributed by atoms with Gasteiger partial charge in [-0.1, -0.05) is 0 Å². The van der Waals surface area contributed by atoms with Gasteiger partial charge in [-0.2, -0.15) is 13.9 Å². The van der Waals surface area contributed by atoms with Crippen molar-refractivity contribution in [2.24, 2.45) is 5.73 Å². The van der Waals surface area contributed by atoms with Crippen LogP contribution in [0.2, 0.25) is 0 Å². The SMILES string of the molecule is NC(=O)c1cn(C2(CC3SCCS3)CCN(C(=O)O)CC2)nc1Nc1ccc(S(=O)(=O)C(F)F)cc1. The van der Waals surface area contributed by atoms with Crippen LogP contribution in [0.1, 0.15) is 29.6 Å². The van der Waals surface area contributed by atoms with Crippen LogP contribution in [0.25, 0.3) is 0 Å². The first-order valence-electron chi connectivity index (χ1n) is 11.0. The molecule has 0 aliphatic carbocycles. The van der Waals surface area contributed by atoms with Gasteiger partial charge >= 0.3 is 11.9 Å². The molecule has 2 amide bonds. The van der Waals surface area contributed by atoms with E-state index in [-0.39, 0.29) is 11.4 Å². The lowest BCUT2D eigenvalue weighted by molar-refractivity contribution is 0.0841. The van der Waals surface area contributed by atoms with Gasteiger partial charge in [0.2, 0.25) is 9.84 Å². The van der Waals surface area contributed by atoms with Crippen LogP contribution < -0.4 is 11.1 Å². The van der Waals surface area contributed by atoms with Crippen molar-refractivity contribution in [3.05, 3.63) is 36.0 Å². The molecule has 1 aromatic carbocycles. The fourth-order valence-corrected chi connectivity index (χ4v) is 8.17. The lowest BCUT2D eigenvalue weighted by Gasteiger charge is -2.42. The summed E-state index contributed by atoms with van der Waals surface area (Å²) >= 11 is 3.69. The average Bonchev–Trinajstić information content (AvgIpc) is 3.50. The standard InChI is InChI=1S/C21H25F2N5O5S3/c22-19(23)36(32,33)14-3-1-13(2-4-14)25-18-15(17(24)29)12-28(26-18)21(11-16-34-9-10-35-16)5-7-27(8-6-21)20(30)31/h1-4,12,16,19H,5-11H2,(H2,24,29)(H,25,26)(H,30,31). The largest absolute Gasteiger partial charge is 0.465 e. The number of sulfone groups is 1. The molecule has 0 unspecified atom stereocenters. The molecule has 0 radical (unpaired) electrons. The number of nitrogens with zero attached hydrogens (tertiary/aromatic N) is 3. The number of benzene rings is 1. The maximum absolute atomic E-state index is 12.8. The second-order valence-electron chi connectivity index (χ2n) is 8.52. The number of hydrogen-bond acceptors (Lipinski definition) is 8. The van der Waals surface area contributed by atoms with E-state index in [0.717, 1.165) is 30.1 Å². The molecule has 2 aliphatic heterocycles. The lowest BCUT2D eigenvalue weighted by Crippen LogP contribution is -2.49. The number of hydrogen-bond donors (Lipinski definition) is 3. The molecule has 4 N–H and O–H groups in total. The Bertz CT molecular complexity index is 1230. The van der Waals surface area contributed by atoms with Gasteiger partial charge in [0.15, 0.2) is 5.82 Å². The number of thioether (sulfide) groups is 2. The van der Waals surface area contributed by atoms with Crippen molar-refractivity contribution < 1.29 is 31.9 Å². The minimum Gasteiger partial charge on any atom is -0.465 e. The number of carbonyl (C=O) groups is 2. The Balaban J connectivity index is 1.64. The quantitative estimate of drug-likeness (QED) is 0.441. The number of alkyl halides is 2. The molecule has 0 atom stereocenters. The molecule has 36 heavy (non-hydrogen) atoms. The summed E-state index contributed by atoms with van der Waals surface area (Å²) in [6.45, 7) is 0.651. The minimum atomic E-state index is -4.73. The summed E-state index contributed by atoms with van der Waals surface area (Å²) in [5.74, 6) is -2.07. The highest BCUT2D eigenvalue weighted by molar-refractivity contribution is 8.20. The maximum atomic E-state index is 12.8. The molecule has 2 saturated heterocycles. The fourth-order valence-electron chi connectivity index (χ4n) is 4.33. The van der Waals surface area contributed by atoms with Gasteiger partial charge in [-0.15, -0.1) is 23.5 Å². The van der Waals surface area contributed by atoms with Crippen LogP contribution >= 0.6 is 23.5 Å². The second-order valence-corrected chi connectivity index (χ2v) is 13.4. The van der Waals surface area contributed by atoms with Crippen molar-refractivity contribution in [2.45, 2.75) is 40.0 Å². The summed E-state index contributed by atoms with van der Waals surface area (Å²) in [6, 6.07) is 4.68. The second kappa shape index (κ2) is 10.5. The third-order valence-corrected chi connectivity index (χ3v) is 10.8. The molecule has 1 aromatic heterocycles. The van der Waals surface area contributed by atoms with Crippen LogP contribution in [-0.4, -0.2) is 75.1 Å². The lowest BCUT2D eigenvalue weighted by atomic mass is 9.85. The number of nitrogens with two attached hydrogens (primary N) is 1. The number of carbonyl (C=O) groups excluding carboxylic acids is 1. The molecule has 196 valence electrons. The van der Waals surface area contributed by atoms with Gasteiger partial charge in [0.05, 0.1) is 15.0 Å². The minimum absolute atomic E-state index is 0.103. The molecule has 2 aliphatic rings. The number of rotatable bonds is 8. The van der Waals surface area contributed by atoms with Gasteiger partial charge in [0.25, 0.3) is 5.91 Å². The zero-order chi connectivity index (χ0) is 26.1. The smallest absolute Gasteiger partial charge is 0.407 e. The number of anilines is 2. The molecule has 2 fully saturated rings. The van der Waals surface area contributed by atoms with Crippen molar-refractivity contribution in [2.75, 3.05) is 29.9 Å². The Morgan fingerprint density at radius 3 is 2.33 bits per heavy atom. The topological polar surface area (TPSA) is 148 Å². The Morgan fingerprint density at radius 1 is 1.19 bits per heavy atom. The number of likely N-dealkylation sites (tertiary alicyclic amines) is 1. The third-order valence-electron chi connectivity index (χ3n) is 6.35. The molecule has 0 bridgehead atoms. The predicted octanol–water partition coefficient (Wildman–Crippen LogP) is 3.39. The Hall–Kier alpha value is -2.52. The van der Waals surface area contributed by atoms with E-state index in [1.54, 1.807) is 10.9 Å². The summed E-state index contributed by atoms with van der Waals surface area (Å²) in [4.78, 5) is 24.5. The number of halogens is 2. The highest BCUT2D eigenvalue weighted by atomic mass is 32.2. The number of amides is 2. The van der Waals surface area contributed by atoms with E-state index < -0.39 is 38.0 Å². The zero-order valence-corrected chi connectivity index (χ0v) is 21.4. The van der Waals surface area contributed by atoms with Crippen molar-refractivity contribution in [3.63, 3.8) is 0 Å². The first-order valence-corrected chi connectivity index (χ1v) is 14.7. The number of piperidine rings is 1. The molecule has 15 heteroatoms. The Morgan fingerprint density at radius 2 is 1.81 bits per heavy atom. The van der Waals surface area contributed by atoms with Gasteiger partial charge in [-0.3, -0.25) is 9.48 Å². The van der Waals surface area contributed by atoms with Crippen molar-refractivity contribution in [1.82, 2.24) is 14.7 Å². The van der Waals surface area contributed by atoms with Crippen LogP contribution in [0.4, 0.5) is 25.1 Å². The van der Waals surface area contributed by atoms with Crippen molar-refractivity contribution in [1.29, 1.82) is 0 Å². The zero-order valence-electron chi connectivity index (χ0n) is 19.0.